The molecule has 27 heavy (non-hydrogen) atoms. The summed E-state index contributed by atoms with van der Waals surface area (Å²) >= 11 is 0. The maximum Gasteiger partial charge on any atom is 0.246 e. The SMILES string of the molecule is Cc1ccc(CCC2CCN(C(=O)/C=C/c3c(C)nn(C)c3C)CC2)cc1. The molecule has 4 heteroatoms. The summed E-state index contributed by atoms with van der Waals surface area (Å²) in [5.74, 6) is 0.844. The first-order chi connectivity index (χ1) is 12.9. The highest BCUT2D eigenvalue weighted by molar-refractivity contribution is 5.92. The van der Waals surface area contributed by atoms with Crippen molar-refractivity contribution in [3.05, 3.63) is 58.4 Å². The van der Waals surface area contributed by atoms with Crippen LogP contribution in [0.15, 0.2) is 30.3 Å². The van der Waals surface area contributed by atoms with Crippen molar-refractivity contribution in [1.82, 2.24) is 14.7 Å². The molecule has 1 saturated heterocycles. The maximum absolute atomic E-state index is 12.5. The molecule has 0 N–H and O–H groups in total. The van der Waals surface area contributed by atoms with E-state index in [1.807, 2.05) is 36.6 Å². The van der Waals surface area contributed by atoms with Gasteiger partial charge in [-0.15, -0.1) is 0 Å². The zero-order valence-corrected chi connectivity index (χ0v) is 17.0. The zero-order valence-electron chi connectivity index (χ0n) is 17.0. The van der Waals surface area contributed by atoms with Crippen LogP contribution in [-0.4, -0.2) is 33.7 Å². The van der Waals surface area contributed by atoms with E-state index in [0.29, 0.717) is 0 Å². The Balaban J connectivity index is 1.47. The first-order valence-corrected chi connectivity index (χ1v) is 9.96. The Hall–Kier alpha value is -2.36. The summed E-state index contributed by atoms with van der Waals surface area (Å²) in [5.41, 5.74) is 5.85. The van der Waals surface area contributed by atoms with Crippen LogP contribution in [-0.2, 0) is 18.3 Å². The number of rotatable bonds is 5. The molecule has 4 nitrogen and oxygen atoms in total. The first kappa shape index (κ1) is 19.4. The third kappa shape index (κ3) is 4.88. The van der Waals surface area contributed by atoms with Crippen molar-refractivity contribution in [2.45, 2.75) is 46.5 Å². The van der Waals surface area contributed by atoms with Crippen LogP contribution < -0.4 is 0 Å². The lowest BCUT2D eigenvalue weighted by Crippen LogP contribution is -2.37. The highest BCUT2D eigenvalue weighted by Gasteiger charge is 2.21. The van der Waals surface area contributed by atoms with Gasteiger partial charge in [-0.05, 0) is 64.0 Å². The van der Waals surface area contributed by atoms with Crippen LogP contribution in [0, 0.1) is 26.7 Å². The number of carbonyl (C=O) groups is 1. The molecule has 0 unspecified atom stereocenters. The Labute approximate surface area is 162 Å². The molecule has 1 fully saturated rings. The number of amides is 1. The summed E-state index contributed by atoms with van der Waals surface area (Å²) in [6.45, 7) is 7.88. The quantitative estimate of drug-likeness (QED) is 0.744. The van der Waals surface area contributed by atoms with Crippen LogP contribution in [0.1, 0.15) is 47.3 Å². The van der Waals surface area contributed by atoms with Gasteiger partial charge in [0, 0.05) is 37.5 Å². The molecule has 1 aromatic carbocycles. The average Bonchev–Trinajstić information content (AvgIpc) is 2.91. The van der Waals surface area contributed by atoms with Crippen LogP contribution in [0.3, 0.4) is 0 Å². The molecule has 0 spiro atoms. The number of benzene rings is 1. The van der Waals surface area contributed by atoms with Crippen LogP contribution in [0.25, 0.3) is 6.08 Å². The van der Waals surface area contributed by atoms with Crippen molar-refractivity contribution < 1.29 is 4.79 Å². The number of hydrogen-bond acceptors (Lipinski definition) is 2. The number of aryl methyl sites for hydroxylation is 4. The van der Waals surface area contributed by atoms with Gasteiger partial charge >= 0.3 is 0 Å². The second-order valence-electron chi connectivity index (χ2n) is 7.83. The number of hydrogen-bond donors (Lipinski definition) is 0. The standard InChI is InChI=1S/C23H31N3O/c1-17-5-7-20(8-6-17)9-10-21-13-15-26(16-14-21)23(27)12-11-22-18(2)24-25(4)19(22)3/h5-8,11-12,21H,9-10,13-16H2,1-4H3/b12-11+. The number of likely N-dealkylation sites (tertiary alicyclic amines) is 1. The minimum atomic E-state index is 0.120. The van der Waals surface area contributed by atoms with Gasteiger partial charge in [0.15, 0.2) is 0 Å². The Morgan fingerprint density at radius 2 is 1.81 bits per heavy atom. The molecule has 3 rings (SSSR count). The lowest BCUT2D eigenvalue weighted by Gasteiger charge is -2.31. The first-order valence-electron chi connectivity index (χ1n) is 9.96. The van der Waals surface area contributed by atoms with Gasteiger partial charge in [-0.25, -0.2) is 0 Å². The zero-order chi connectivity index (χ0) is 19.4. The fourth-order valence-corrected chi connectivity index (χ4v) is 3.86. The molecular formula is C23H31N3O. The second kappa shape index (κ2) is 8.55. The van der Waals surface area contributed by atoms with E-state index < -0.39 is 0 Å². The summed E-state index contributed by atoms with van der Waals surface area (Å²) in [4.78, 5) is 14.5. The normalized spacial score (nSPS) is 15.6. The fraction of sp³-hybridized carbons (Fsp3) is 0.478. The molecule has 0 radical (unpaired) electrons. The van der Waals surface area contributed by atoms with E-state index in [-0.39, 0.29) is 5.91 Å². The van der Waals surface area contributed by atoms with Crippen LogP contribution in [0.5, 0.6) is 0 Å². The van der Waals surface area contributed by atoms with Crippen molar-refractivity contribution in [3.8, 4) is 0 Å². The summed E-state index contributed by atoms with van der Waals surface area (Å²) in [6.07, 6.45) is 8.20. The van der Waals surface area contributed by atoms with Crippen LogP contribution in [0.4, 0.5) is 0 Å². The fourth-order valence-electron chi connectivity index (χ4n) is 3.86. The average molecular weight is 366 g/mol. The molecule has 1 amide bonds. The Kier molecular flexibility index (Phi) is 6.15. The van der Waals surface area contributed by atoms with Crippen molar-refractivity contribution >= 4 is 12.0 Å². The number of carbonyl (C=O) groups excluding carboxylic acids is 1. The monoisotopic (exact) mass is 365 g/mol. The molecule has 144 valence electrons. The van der Waals surface area contributed by atoms with Crippen LogP contribution in [0.2, 0.25) is 0 Å². The van der Waals surface area contributed by atoms with Gasteiger partial charge in [-0.2, -0.15) is 5.10 Å². The van der Waals surface area contributed by atoms with Gasteiger partial charge in [-0.3, -0.25) is 9.48 Å². The summed E-state index contributed by atoms with van der Waals surface area (Å²) < 4.78 is 1.86. The number of piperidine rings is 1. The topological polar surface area (TPSA) is 38.1 Å². The molecule has 2 aromatic rings. The Morgan fingerprint density at radius 1 is 1.15 bits per heavy atom. The van der Waals surface area contributed by atoms with Gasteiger partial charge < -0.3 is 4.90 Å². The van der Waals surface area contributed by atoms with Crippen molar-refractivity contribution in [2.24, 2.45) is 13.0 Å². The molecular weight excluding hydrogens is 334 g/mol. The van der Waals surface area contributed by atoms with E-state index in [0.717, 1.165) is 55.2 Å². The largest absolute Gasteiger partial charge is 0.339 e. The third-order valence-corrected chi connectivity index (χ3v) is 5.85. The highest BCUT2D eigenvalue weighted by Crippen LogP contribution is 2.23. The third-order valence-electron chi connectivity index (χ3n) is 5.85. The molecule has 1 aliphatic rings. The molecule has 0 aliphatic carbocycles. The lowest BCUT2D eigenvalue weighted by atomic mass is 9.90. The lowest BCUT2D eigenvalue weighted by molar-refractivity contribution is -0.127. The van der Waals surface area contributed by atoms with Crippen LogP contribution >= 0.6 is 0 Å². The van der Waals surface area contributed by atoms with Gasteiger partial charge in [-0.1, -0.05) is 29.8 Å². The summed E-state index contributed by atoms with van der Waals surface area (Å²) in [6, 6.07) is 8.85. The Bertz CT molecular complexity index is 809. The van der Waals surface area contributed by atoms with Gasteiger partial charge in [0.2, 0.25) is 5.91 Å². The predicted octanol–water partition coefficient (Wildman–Crippen LogP) is 4.23. The molecule has 2 heterocycles. The molecule has 0 bridgehead atoms. The highest BCUT2D eigenvalue weighted by atomic mass is 16.2. The number of aromatic nitrogens is 2. The van der Waals surface area contributed by atoms with Gasteiger partial charge in [0.05, 0.1) is 5.69 Å². The van der Waals surface area contributed by atoms with E-state index in [1.54, 1.807) is 6.08 Å². The predicted molar refractivity (Wildman–Crippen MR) is 111 cm³/mol. The van der Waals surface area contributed by atoms with E-state index in [4.69, 9.17) is 0 Å². The van der Waals surface area contributed by atoms with E-state index in [2.05, 4.69) is 36.3 Å². The number of nitrogens with zero attached hydrogens (tertiary/aromatic N) is 3. The molecule has 1 aromatic heterocycles. The smallest absolute Gasteiger partial charge is 0.246 e. The van der Waals surface area contributed by atoms with E-state index >= 15 is 0 Å². The second-order valence-corrected chi connectivity index (χ2v) is 7.83. The molecule has 1 aliphatic heterocycles. The summed E-state index contributed by atoms with van der Waals surface area (Å²) in [5, 5.41) is 4.40. The minimum absolute atomic E-state index is 0.120. The van der Waals surface area contributed by atoms with Gasteiger partial charge in [0.1, 0.15) is 0 Å². The molecule has 0 saturated carbocycles. The maximum atomic E-state index is 12.5. The summed E-state index contributed by atoms with van der Waals surface area (Å²) in [7, 11) is 1.93. The molecule has 0 atom stereocenters. The Morgan fingerprint density at radius 3 is 2.41 bits per heavy atom. The van der Waals surface area contributed by atoms with Crippen molar-refractivity contribution in [3.63, 3.8) is 0 Å². The van der Waals surface area contributed by atoms with Crippen molar-refractivity contribution in [1.29, 1.82) is 0 Å². The van der Waals surface area contributed by atoms with Gasteiger partial charge in [0.25, 0.3) is 0 Å². The van der Waals surface area contributed by atoms with Crippen molar-refractivity contribution in [2.75, 3.05) is 13.1 Å². The van der Waals surface area contributed by atoms with E-state index in [1.165, 1.54) is 17.5 Å². The van der Waals surface area contributed by atoms with E-state index in [9.17, 15) is 4.79 Å². The minimum Gasteiger partial charge on any atom is -0.339 e.